The maximum absolute atomic E-state index is 9.80. The van der Waals surface area contributed by atoms with E-state index in [-0.39, 0.29) is 0 Å². The lowest BCUT2D eigenvalue weighted by molar-refractivity contribution is 0.0955. The lowest BCUT2D eigenvalue weighted by Gasteiger charge is -2.34. The van der Waals surface area contributed by atoms with Crippen molar-refractivity contribution < 1.29 is 9.84 Å². The Bertz CT molecular complexity index is 363. The van der Waals surface area contributed by atoms with Crippen LogP contribution in [0.4, 0.5) is 0 Å². The molecule has 0 aromatic heterocycles. The molecule has 1 unspecified atom stereocenters. The largest absolute Gasteiger partial charge is 0.491 e. The van der Waals surface area contributed by atoms with Gasteiger partial charge in [-0.25, -0.2) is 0 Å². The zero-order valence-electron chi connectivity index (χ0n) is 10.6. The van der Waals surface area contributed by atoms with E-state index < -0.39 is 6.10 Å². The van der Waals surface area contributed by atoms with Gasteiger partial charge < -0.3 is 15.2 Å². The normalized spacial score (nSPS) is 24.4. The number of aliphatic hydroxyl groups is 1. The first-order valence-electron chi connectivity index (χ1n) is 6.43. The van der Waals surface area contributed by atoms with Gasteiger partial charge in [0.1, 0.15) is 18.5 Å². The van der Waals surface area contributed by atoms with Crippen molar-refractivity contribution in [3.05, 3.63) is 28.7 Å². The van der Waals surface area contributed by atoms with Crippen molar-refractivity contribution in [2.24, 2.45) is 5.92 Å². The average Bonchev–Trinajstić information content (AvgIpc) is 2.32. The van der Waals surface area contributed by atoms with Crippen molar-refractivity contribution in [3.8, 4) is 5.75 Å². The molecule has 1 aliphatic rings. The molecule has 0 aliphatic heterocycles. The molecule has 1 fully saturated rings. The van der Waals surface area contributed by atoms with E-state index >= 15 is 0 Å². The van der Waals surface area contributed by atoms with E-state index in [1.165, 1.54) is 12.8 Å². The SMILES string of the molecule is CC1CC(NCC(O)COc2ccc(Br)cc2)C1. The van der Waals surface area contributed by atoms with E-state index in [0.29, 0.717) is 19.2 Å². The predicted molar refractivity (Wildman–Crippen MR) is 75.8 cm³/mol. The molecule has 1 aromatic rings. The van der Waals surface area contributed by atoms with Crippen LogP contribution in [0.1, 0.15) is 19.8 Å². The third kappa shape index (κ3) is 4.26. The van der Waals surface area contributed by atoms with Gasteiger partial charge >= 0.3 is 0 Å². The minimum Gasteiger partial charge on any atom is -0.491 e. The molecule has 1 aliphatic carbocycles. The van der Waals surface area contributed by atoms with Gasteiger partial charge in [0, 0.05) is 17.1 Å². The van der Waals surface area contributed by atoms with Crippen molar-refractivity contribution in [2.45, 2.75) is 31.9 Å². The zero-order valence-corrected chi connectivity index (χ0v) is 12.2. The van der Waals surface area contributed by atoms with Crippen LogP contribution in [0.15, 0.2) is 28.7 Å². The molecule has 1 atom stereocenters. The quantitative estimate of drug-likeness (QED) is 0.848. The molecule has 100 valence electrons. The summed E-state index contributed by atoms with van der Waals surface area (Å²) in [6, 6.07) is 8.21. The lowest BCUT2D eigenvalue weighted by Crippen LogP contribution is -2.44. The standard InChI is InChI=1S/C14H20BrNO2/c1-10-6-12(7-10)16-8-13(17)9-18-14-4-2-11(15)3-5-14/h2-5,10,12-13,16-17H,6-9H2,1H3. The summed E-state index contributed by atoms with van der Waals surface area (Å²) in [6.07, 6.45) is 1.99. The second-order valence-corrected chi connectivity index (χ2v) is 6.02. The number of rotatable bonds is 6. The van der Waals surface area contributed by atoms with E-state index in [4.69, 9.17) is 4.74 Å². The minimum absolute atomic E-state index is 0.330. The maximum atomic E-state index is 9.80. The third-order valence-electron chi connectivity index (χ3n) is 3.27. The fourth-order valence-corrected chi connectivity index (χ4v) is 2.42. The Morgan fingerprint density at radius 3 is 2.67 bits per heavy atom. The number of ether oxygens (including phenoxy) is 1. The fourth-order valence-electron chi connectivity index (χ4n) is 2.15. The van der Waals surface area contributed by atoms with Gasteiger partial charge in [0.15, 0.2) is 0 Å². The van der Waals surface area contributed by atoms with Gasteiger partial charge in [-0.05, 0) is 43.0 Å². The second-order valence-electron chi connectivity index (χ2n) is 5.10. The van der Waals surface area contributed by atoms with Crippen LogP contribution in [-0.4, -0.2) is 30.4 Å². The van der Waals surface area contributed by atoms with E-state index in [0.717, 1.165) is 16.1 Å². The summed E-state index contributed by atoms with van der Waals surface area (Å²) in [5.41, 5.74) is 0. The molecular weight excluding hydrogens is 294 g/mol. The number of hydrogen-bond acceptors (Lipinski definition) is 3. The van der Waals surface area contributed by atoms with Crippen LogP contribution in [0.25, 0.3) is 0 Å². The Morgan fingerprint density at radius 1 is 1.39 bits per heavy atom. The van der Waals surface area contributed by atoms with Crippen molar-refractivity contribution >= 4 is 15.9 Å². The Hall–Kier alpha value is -0.580. The molecule has 2 rings (SSSR count). The van der Waals surface area contributed by atoms with Gasteiger partial charge in [0.25, 0.3) is 0 Å². The molecule has 1 aromatic carbocycles. The predicted octanol–water partition coefficient (Wildman–Crippen LogP) is 2.58. The van der Waals surface area contributed by atoms with E-state index in [2.05, 4.69) is 28.2 Å². The van der Waals surface area contributed by atoms with E-state index in [1.54, 1.807) is 0 Å². The summed E-state index contributed by atoms with van der Waals surface area (Å²) in [7, 11) is 0. The molecule has 2 N–H and O–H groups in total. The van der Waals surface area contributed by atoms with Gasteiger partial charge in [-0.3, -0.25) is 0 Å². The molecule has 18 heavy (non-hydrogen) atoms. The van der Waals surface area contributed by atoms with Crippen LogP contribution in [0.5, 0.6) is 5.75 Å². The highest BCUT2D eigenvalue weighted by molar-refractivity contribution is 9.10. The van der Waals surface area contributed by atoms with Crippen LogP contribution < -0.4 is 10.1 Å². The Balaban J connectivity index is 1.62. The topological polar surface area (TPSA) is 41.5 Å². The van der Waals surface area contributed by atoms with Crippen molar-refractivity contribution in [2.75, 3.05) is 13.2 Å². The van der Waals surface area contributed by atoms with E-state index in [1.807, 2.05) is 24.3 Å². The number of halogens is 1. The van der Waals surface area contributed by atoms with Crippen molar-refractivity contribution in [3.63, 3.8) is 0 Å². The summed E-state index contributed by atoms with van der Waals surface area (Å²) in [5, 5.41) is 13.2. The zero-order chi connectivity index (χ0) is 13.0. The molecule has 3 nitrogen and oxygen atoms in total. The van der Waals surface area contributed by atoms with Gasteiger partial charge in [-0.2, -0.15) is 0 Å². The highest BCUT2D eigenvalue weighted by Gasteiger charge is 2.25. The fraction of sp³-hybridized carbons (Fsp3) is 0.571. The molecule has 0 amide bonds. The second kappa shape index (κ2) is 6.55. The number of benzene rings is 1. The van der Waals surface area contributed by atoms with Gasteiger partial charge in [-0.15, -0.1) is 0 Å². The smallest absolute Gasteiger partial charge is 0.119 e. The van der Waals surface area contributed by atoms with Gasteiger partial charge in [-0.1, -0.05) is 22.9 Å². The van der Waals surface area contributed by atoms with E-state index in [9.17, 15) is 5.11 Å². The first-order chi connectivity index (χ1) is 8.63. The summed E-state index contributed by atoms with van der Waals surface area (Å²) in [5.74, 6) is 1.62. The molecule has 4 heteroatoms. The molecule has 0 heterocycles. The minimum atomic E-state index is -0.454. The van der Waals surface area contributed by atoms with Crippen LogP contribution in [0, 0.1) is 5.92 Å². The summed E-state index contributed by atoms with van der Waals surface area (Å²) in [6.45, 7) is 3.19. The highest BCUT2D eigenvalue weighted by atomic mass is 79.9. The Morgan fingerprint density at radius 2 is 2.06 bits per heavy atom. The van der Waals surface area contributed by atoms with Crippen LogP contribution in [0.2, 0.25) is 0 Å². The lowest BCUT2D eigenvalue weighted by atomic mass is 9.82. The Kier molecular flexibility index (Phi) is 5.03. The molecule has 0 spiro atoms. The first-order valence-corrected chi connectivity index (χ1v) is 7.22. The molecule has 0 bridgehead atoms. The molecular formula is C14H20BrNO2. The van der Waals surface area contributed by atoms with Crippen LogP contribution in [0.3, 0.4) is 0 Å². The van der Waals surface area contributed by atoms with Crippen LogP contribution in [-0.2, 0) is 0 Å². The number of nitrogens with one attached hydrogen (secondary N) is 1. The van der Waals surface area contributed by atoms with Crippen LogP contribution >= 0.6 is 15.9 Å². The molecule has 1 saturated carbocycles. The monoisotopic (exact) mass is 313 g/mol. The summed E-state index contributed by atoms with van der Waals surface area (Å²) < 4.78 is 6.54. The maximum Gasteiger partial charge on any atom is 0.119 e. The van der Waals surface area contributed by atoms with Crippen molar-refractivity contribution in [1.82, 2.24) is 5.32 Å². The van der Waals surface area contributed by atoms with Crippen molar-refractivity contribution in [1.29, 1.82) is 0 Å². The highest BCUT2D eigenvalue weighted by Crippen LogP contribution is 2.26. The molecule has 0 radical (unpaired) electrons. The number of hydrogen-bond donors (Lipinski definition) is 2. The summed E-state index contributed by atoms with van der Waals surface area (Å²) in [4.78, 5) is 0. The third-order valence-corrected chi connectivity index (χ3v) is 3.80. The first kappa shape index (κ1) is 13.8. The average molecular weight is 314 g/mol. The van der Waals surface area contributed by atoms with Gasteiger partial charge in [0.05, 0.1) is 0 Å². The van der Waals surface area contributed by atoms with Gasteiger partial charge in [0.2, 0.25) is 0 Å². The molecule has 0 saturated heterocycles. The Labute approximate surface area is 117 Å². The number of aliphatic hydroxyl groups excluding tert-OH is 1. The summed E-state index contributed by atoms with van der Waals surface area (Å²) >= 11 is 3.37.